The topological polar surface area (TPSA) is 46.6 Å². The molecule has 82 valence electrons. The van der Waals surface area contributed by atoms with Gasteiger partial charge in [-0.1, -0.05) is 13.8 Å². The van der Waals surface area contributed by atoms with E-state index < -0.39 is 0 Å². The molecule has 0 aromatic carbocycles. The number of rotatable bonds is 6. The second-order valence-electron chi connectivity index (χ2n) is 3.70. The molecule has 0 spiro atoms. The summed E-state index contributed by atoms with van der Waals surface area (Å²) in [5.74, 6) is 0.349. The third kappa shape index (κ3) is 6.46. The number of hydrogen-bond acceptors (Lipinski definition) is 3. The lowest BCUT2D eigenvalue weighted by Crippen LogP contribution is -2.29. The summed E-state index contributed by atoms with van der Waals surface area (Å²) in [6, 6.07) is 0. The molecule has 0 aliphatic rings. The van der Waals surface area contributed by atoms with E-state index in [-0.39, 0.29) is 6.09 Å². The highest BCUT2D eigenvalue weighted by Crippen LogP contribution is 1.98. The third-order valence-corrected chi connectivity index (χ3v) is 1.67. The molecule has 4 heteroatoms. The van der Waals surface area contributed by atoms with Crippen LogP contribution in [0.15, 0.2) is 0 Å². The molecule has 0 radical (unpaired) electrons. The van der Waals surface area contributed by atoms with Gasteiger partial charge in [-0.15, -0.1) is 0 Å². The summed E-state index contributed by atoms with van der Waals surface area (Å²) in [5, 5.41) is 0. The van der Waals surface area contributed by atoms with E-state index >= 15 is 0 Å². The quantitative estimate of drug-likeness (QED) is 0.485. The largest absolute Gasteiger partial charge is 0.449 e. The van der Waals surface area contributed by atoms with E-state index in [0.29, 0.717) is 31.9 Å². The number of ether oxygens (including phenoxy) is 1. The van der Waals surface area contributed by atoms with Crippen LogP contribution in [0.4, 0.5) is 4.79 Å². The molecule has 0 aliphatic carbocycles. The second kappa shape index (κ2) is 7.35. The summed E-state index contributed by atoms with van der Waals surface area (Å²) in [4.78, 5) is 22.8. The van der Waals surface area contributed by atoms with E-state index in [1.807, 2.05) is 13.8 Å². The number of unbranched alkanes of at least 4 members (excludes halogenated alkanes) is 1. The summed E-state index contributed by atoms with van der Waals surface area (Å²) < 4.78 is 4.99. The van der Waals surface area contributed by atoms with Crippen molar-refractivity contribution in [3.05, 3.63) is 0 Å². The van der Waals surface area contributed by atoms with E-state index in [4.69, 9.17) is 4.74 Å². The van der Waals surface area contributed by atoms with Gasteiger partial charge in [0.15, 0.2) is 0 Å². The van der Waals surface area contributed by atoms with Gasteiger partial charge in [-0.2, -0.15) is 0 Å². The van der Waals surface area contributed by atoms with Crippen LogP contribution in [0.1, 0.15) is 26.7 Å². The number of amides is 1. The van der Waals surface area contributed by atoms with Gasteiger partial charge in [0.2, 0.25) is 0 Å². The lowest BCUT2D eigenvalue weighted by atomic mass is 10.2. The van der Waals surface area contributed by atoms with Gasteiger partial charge >= 0.3 is 6.09 Å². The van der Waals surface area contributed by atoms with Gasteiger partial charge in [-0.25, -0.2) is 4.79 Å². The number of hydrogen-bond donors (Lipinski definition) is 0. The average molecular weight is 201 g/mol. The molecule has 0 saturated carbocycles. The first-order chi connectivity index (χ1) is 6.57. The number of carbonyl (C=O) groups excluding carboxylic acids is 2. The highest BCUT2D eigenvalue weighted by atomic mass is 16.6. The Morgan fingerprint density at radius 1 is 1.50 bits per heavy atom. The van der Waals surface area contributed by atoms with Gasteiger partial charge in [0, 0.05) is 20.0 Å². The standard InChI is InChI=1S/C10H19NO3/c1-9(2)8-14-10(13)11(3)6-4-5-7-12/h7,9H,4-6,8H2,1-3H3. The molecule has 0 rings (SSSR count). The SMILES string of the molecule is CC(C)COC(=O)N(C)CCCC=O. The molecule has 14 heavy (non-hydrogen) atoms. The van der Waals surface area contributed by atoms with Crippen molar-refractivity contribution in [1.82, 2.24) is 4.90 Å². The molecule has 0 unspecified atom stereocenters. The summed E-state index contributed by atoms with van der Waals surface area (Å²) in [7, 11) is 1.67. The maximum atomic E-state index is 11.3. The minimum Gasteiger partial charge on any atom is -0.449 e. The summed E-state index contributed by atoms with van der Waals surface area (Å²) >= 11 is 0. The molecule has 0 fully saturated rings. The van der Waals surface area contributed by atoms with Crippen molar-refractivity contribution < 1.29 is 14.3 Å². The van der Waals surface area contributed by atoms with Gasteiger partial charge in [0.05, 0.1) is 6.61 Å². The van der Waals surface area contributed by atoms with Crippen molar-refractivity contribution in [2.24, 2.45) is 5.92 Å². The lowest BCUT2D eigenvalue weighted by Gasteiger charge is -2.17. The van der Waals surface area contributed by atoms with E-state index in [1.165, 1.54) is 4.90 Å². The Hall–Kier alpha value is -1.06. The van der Waals surface area contributed by atoms with Crippen molar-refractivity contribution in [2.75, 3.05) is 20.2 Å². The zero-order chi connectivity index (χ0) is 11.0. The summed E-state index contributed by atoms with van der Waals surface area (Å²) in [6.07, 6.45) is 1.72. The molecule has 0 saturated heterocycles. The zero-order valence-electron chi connectivity index (χ0n) is 9.16. The van der Waals surface area contributed by atoms with E-state index in [2.05, 4.69) is 0 Å². The number of aldehydes is 1. The molecule has 0 atom stereocenters. The average Bonchev–Trinajstić information content (AvgIpc) is 2.14. The lowest BCUT2D eigenvalue weighted by molar-refractivity contribution is -0.108. The fraction of sp³-hybridized carbons (Fsp3) is 0.800. The monoisotopic (exact) mass is 201 g/mol. The first-order valence-electron chi connectivity index (χ1n) is 4.89. The van der Waals surface area contributed by atoms with Crippen LogP contribution in [0.5, 0.6) is 0 Å². The summed E-state index contributed by atoms with van der Waals surface area (Å²) in [5.41, 5.74) is 0. The van der Waals surface area contributed by atoms with Gasteiger partial charge < -0.3 is 14.4 Å². The predicted octanol–water partition coefficient (Wildman–Crippen LogP) is 1.69. The van der Waals surface area contributed by atoms with Crippen molar-refractivity contribution >= 4 is 12.4 Å². The zero-order valence-corrected chi connectivity index (χ0v) is 9.16. The number of nitrogens with zero attached hydrogens (tertiary/aromatic N) is 1. The minimum absolute atomic E-state index is 0.315. The van der Waals surface area contributed by atoms with Gasteiger partial charge in [-0.05, 0) is 12.3 Å². The first kappa shape index (κ1) is 12.9. The van der Waals surface area contributed by atoms with Crippen LogP contribution in [0, 0.1) is 5.92 Å². The normalized spacial score (nSPS) is 10.0. The molecule has 0 aromatic heterocycles. The molecule has 0 aliphatic heterocycles. The Morgan fingerprint density at radius 2 is 2.14 bits per heavy atom. The molecule has 0 bridgehead atoms. The van der Waals surface area contributed by atoms with Crippen LogP contribution in [0.2, 0.25) is 0 Å². The van der Waals surface area contributed by atoms with E-state index in [9.17, 15) is 9.59 Å². The molecular weight excluding hydrogens is 182 g/mol. The molecular formula is C10H19NO3. The van der Waals surface area contributed by atoms with Crippen LogP contribution in [0.25, 0.3) is 0 Å². The van der Waals surface area contributed by atoms with E-state index in [1.54, 1.807) is 7.05 Å². The minimum atomic E-state index is -0.315. The Labute approximate surface area is 85.2 Å². The van der Waals surface area contributed by atoms with Crippen LogP contribution in [-0.2, 0) is 9.53 Å². The van der Waals surface area contributed by atoms with Crippen molar-refractivity contribution in [2.45, 2.75) is 26.7 Å². The van der Waals surface area contributed by atoms with Crippen molar-refractivity contribution in [3.8, 4) is 0 Å². The Morgan fingerprint density at radius 3 is 2.64 bits per heavy atom. The second-order valence-corrected chi connectivity index (χ2v) is 3.70. The fourth-order valence-electron chi connectivity index (χ4n) is 0.851. The highest BCUT2D eigenvalue weighted by molar-refractivity contribution is 5.67. The third-order valence-electron chi connectivity index (χ3n) is 1.67. The molecule has 1 amide bonds. The van der Waals surface area contributed by atoms with Gasteiger partial charge in [0.1, 0.15) is 6.29 Å². The van der Waals surface area contributed by atoms with Crippen LogP contribution < -0.4 is 0 Å². The molecule has 4 nitrogen and oxygen atoms in total. The summed E-state index contributed by atoms with van der Waals surface area (Å²) in [6.45, 7) is 4.98. The van der Waals surface area contributed by atoms with Crippen LogP contribution >= 0.6 is 0 Å². The predicted molar refractivity (Wildman–Crippen MR) is 54.1 cm³/mol. The highest BCUT2D eigenvalue weighted by Gasteiger charge is 2.09. The van der Waals surface area contributed by atoms with Crippen LogP contribution in [0.3, 0.4) is 0 Å². The maximum Gasteiger partial charge on any atom is 0.409 e. The maximum absolute atomic E-state index is 11.3. The Bertz CT molecular complexity index is 180. The van der Waals surface area contributed by atoms with Crippen LogP contribution in [-0.4, -0.2) is 37.5 Å². The number of carbonyl (C=O) groups is 2. The first-order valence-corrected chi connectivity index (χ1v) is 4.89. The van der Waals surface area contributed by atoms with Gasteiger partial charge in [0.25, 0.3) is 0 Å². The Balaban J connectivity index is 3.59. The molecule has 0 aromatic rings. The molecule has 0 heterocycles. The molecule has 0 N–H and O–H groups in total. The van der Waals surface area contributed by atoms with Gasteiger partial charge in [-0.3, -0.25) is 0 Å². The Kier molecular flexibility index (Phi) is 6.80. The van der Waals surface area contributed by atoms with Crippen molar-refractivity contribution in [1.29, 1.82) is 0 Å². The van der Waals surface area contributed by atoms with Crippen molar-refractivity contribution in [3.63, 3.8) is 0 Å². The smallest absolute Gasteiger partial charge is 0.409 e. The van der Waals surface area contributed by atoms with E-state index in [0.717, 1.165) is 6.29 Å². The fourth-order valence-corrected chi connectivity index (χ4v) is 0.851.